The Kier molecular flexibility index (Phi) is 4.00. The third-order valence-electron chi connectivity index (χ3n) is 3.19. The average molecular weight is 331 g/mol. The van der Waals surface area contributed by atoms with Crippen LogP contribution in [0, 0.1) is 15.4 Å². The summed E-state index contributed by atoms with van der Waals surface area (Å²) in [7, 11) is 0. The molecule has 1 aromatic heterocycles. The molecule has 1 saturated carbocycles. The fourth-order valence-electron chi connectivity index (χ4n) is 2.68. The van der Waals surface area contributed by atoms with Crippen LogP contribution < -0.4 is 5.32 Å². The van der Waals surface area contributed by atoms with Crippen LogP contribution in [-0.2, 0) is 0 Å². The minimum atomic E-state index is 0.571. The smallest absolute Gasteiger partial charge is 0.143 e. The molecule has 16 heavy (non-hydrogen) atoms. The van der Waals surface area contributed by atoms with Crippen molar-refractivity contribution >= 4 is 28.4 Å². The van der Waals surface area contributed by atoms with Crippen LogP contribution in [0.5, 0.6) is 0 Å². The summed E-state index contributed by atoms with van der Waals surface area (Å²) in [6.45, 7) is 4.69. The number of nitrogens with one attached hydrogen (secondary N) is 1. The summed E-state index contributed by atoms with van der Waals surface area (Å²) in [4.78, 5) is 8.30. The van der Waals surface area contributed by atoms with Crippen molar-refractivity contribution in [1.29, 1.82) is 0 Å². The lowest BCUT2D eigenvalue weighted by Gasteiger charge is -2.32. The van der Waals surface area contributed by atoms with Crippen LogP contribution in [-0.4, -0.2) is 16.0 Å². The van der Waals surface area contributed by atoms with Gasteiger partial charge in [-0.25, -0.2) is 9.97 Å². The second kappa shape index (κ2) is 5.29. The van der Waals surface area contributed by atoms with E-state index in [0.717, 1.165) is 21.2 Å². The molecule has 88 valence electrons. The molecule has 0 radical (unpaired) electrons. The lowest BCUT2D eigenvalue weighted by atomic mass is 9.80. The minimum absolute atomic E-state index is 0.571. The Labute approximate surface area is 111 Å². The Morgan fingerprint density at radius 2 is 1.94 bits per heavy atom. The highest BCUT2D eigenvalue weighted by atomic mass is 127. The molecule has 1 heterocycles. The zero-order chi connectivity index (χ0) is 11.5. The number of hydrogen-bond donors (Lipinski definition) is 1. The van der Waals surface area contributed by atoms with E-state index in [0.29, 0.717) is 6.04 Å². The molecule has 4 heteroatoms. The fourth-order valence-corrected chi connectivity index (χ4v) is 3.13. The maximum Gasteiger partial charge on any atom is 0.143 e. The minimum Gasteiger partial charge on any atom is -0.366 e. The van der Waals surface area contributed by atoms with Gasteiger partial charge >= 0.3 is 0 Å². The van der Waals surface area contributed by atoms with E-state index in [4.69, 9.17) is 0 Å². The van der Waals surface area contributed by atoms with Gasteiger partial charge in [-0.05, 0) is 53.7 Å². The number of halogens is 1. The molecular formula is C12H18IN3. The van der Waals surface area contributed by atoms with Crippen LogP contribution in [0.2, 0.25) is 0 Å². The van der Waals surface area contributed by atoms with Gasteiger partial charge in [-0.2, -0.15) is 0 Å². The Morgan fingerprint density at radius 3 is 2.56 bits per heavy atom. The predicted molar refractivity (Wildman–Crippen MR) is 74.3 cm³/mol. The van der Waals surface area contributed by atoms with E-state index in [1.165, 1.54) is 19.3 Å². The van der Waals surface area contributed by atoms with Crippen LogP contribution in [0.3, 0.4) is 0 Å². The van der Waals surface area contributed by atoms with Crippen LogP contribution in [0.4, 0.5) is 5.82 Å². The summed E-state index contributed by atoms with van der Waals surface area (Å²) in [5.41, 5.74) is 0. The molecule has 0 spiro atoms. The summed E-state index contributed by atoms with van der Waals surface area (Å²) >= 11 is 2.28. The van der Waals surface area contributed by atoms with Crippen molar-refractivity contribution in [2.75, 3.05) is 5.32 Å². The number of anilines is 1. The van der Waals surface area contributed by atoms with Crippen LogP contribution in [0.15, 0.2) is 12.5 Å². The molecule has 2 atom stereocenters. The first-order chi connectivity index (χ1) is 7.65. The first-order valence-electron chi connectivity index (χ1n) is 5.87. The van der Waals surface area contributed by atoms with Gasteiger partial charge in [0.15, 0.2) is 0 Å². The highest BCUT2D eigenvalue weighted by Crippen LogP contribution is 2.30. The van der Waals surface area contributed by atoms with E-state index in [1.54, 1.807) is 6.33 Å². The molecule has 1 aliphatic rings. The van der Waals surface area contributed by atoms with Crippen LogP contribution >= 0.6 is 22.6 Å². The normalized spacial score (nSPS) is 30.1. The van der Waals surface area contributed by atoms with Crippen molar-refractivity contribution in [3.63, 3.8) is 0 Å². The summed E-state index contributed by atoms with van der Waals surface area (Å²) in [6.07, 6.45) is 7.33. The zero-order valence-corrected chi connectivity index (χ0v) is 11.9. The van der Waals surface area contributed by atoms with E-state index >= 15 is 0 Å². The van der Waals surface area contributed by atoms with Crippen molar-refractivity contribution < 1.29 is 0 Å². The molecule has 1 aliphatic carbocycles. The van der Waals surface area contributed by atoms with Gasteiger partial charge in [-0.15, -0.1) is 0 Å². The quantitative estimate of drug-likeness (QED) is 0.845. The molecule has 0 saturated heterocycles. The highest BCUT2D eigenvalue weighted by Gasteiger charge is 2.24. The number of nitrogens with zero attached hydrogens (tertiary/aromatic N) is 2. The van der Waals surface area contributed by atoms with Gasteiger partial charge in [-0.3, -0.25) is 0 Å². The van der Waals surface area contributed by atoms with Gasteiger partial charge in [0, 0.05) is 12.2 Å². The Balaban J connectivity index is 2.02. The fraction of sp³-hybridized carbons (Fsp3) is 0.667. The second-order valence-corrected chi connectivity index (χ2v) is 6.14. The van der Waals surface area contributed by atoms with Gasteiger partial charge < -0.3 is 5.32 Å². The standard InChI is InChI=1S/C12H18IN3/c1-8-3-9(2)5-10(4-8)16-12-11(13)6-14-7-15-12/h6-10H,3-5H2,1-2H3,(H,14,15,16). The van der Waals surface area contributed by atoms with Crippen molar-refractivity contribution in [2.45, 2.75) is 39.2 Å². The van der Waals surface area contributed by atoms with Gasteiger partial charge in [0.25, 0.3) is 0 Å². The lowest BCUT2D eigenvalue weighted by molar-refractivity contribution is 0.280. The van der Waals surface area contributed by atoms with E-state index in [1.807, 2.05) is 6.20 Å². The molecule has 0 aromatic carbocycles. The summed E-state index contributed by atoms with van der Waals surface area (Å²) in [5, 5.41) is 3.55. The van der Waals surface area contributed by atoms with Crippen molar-refractivity contribution in [3.05, 3.63) is 16.1 Å². The molecule has 2 rings (SSSR count). The Morgan fingerprint density at radius 1 is 1.25 bits per heavy atom. The number of aromatic nitrogens is 2. The number of hydrogen-bond acceptors (Lipinski definition) is 3. The SMILES string of the molecule is CC1CC(C)CC(Nc2ncncc2I)C1. The number of rotatable bonds is 2. The molecule has 1 fully saturated rings. The molecule has 0 bridgehead atoms. The Bertz CT molecular complexity index is 346. The van der Waals surface area contributed by atoms with Crippen molar-refractivity contribution in [3.8, 4) is 0 Å². The van der Waals surface area contributed by atoms with E-state index in [9.17, 15) is 0 Å². The highest BCUT2D eigenvalue weighted by molar-refractivity contribution is 14.1. The monoisotopic (exact) mass is 331 g/mol. The van der Waals surface area contributed by atoms with Crippen molar-refractivity contribution in [1.82, 2.24) is 9.97 Å². The molecule has 0 amide bonds. The van der Waals surface area contributed by atoms with Gasteiger partial charge in [0.2, 0.25) is 0 Å². The molecule has 1 N–H and O–H groups in total. The van der Waals surface area contributed by atoms with E-state index in [2.05, 4.69) is 51.7 Å². The van der Waals surface area contributed by atoms with Crippen molar-refractivity contribution in [2.24, 2.45) is 11.8 Å². The van der Waals surface area contributed by atoms with Gasteiger partial charge in [0.05, 0.1) is 3.57 Å². The Hall–Kier alpha value is -0.390. The summed E-state index contributed by atoms with van der Waals surface area (Å²) in [6, 6.07) is 0.571. The second-order valence-electron chi connectivity index (χ2n) is 4.98. The van der Waals surface area contributed by atoms with Crippen LogP contribution in [0.1, 0.15) is 33.1 Å². The third-order valence-corrected chi connectivity index (χ3v) is 3.98. The van der Waals surface area contributed by atoms with Gasteiger partial charge in [-0.1, -0.05) is 13.8 Å². The largest absolute Gasteiger partial charge is 0.366 e. The first-order valence-corrected chi connectivity index (χ1v) is 6.95. The first kappa shape index (κ1) is 12.1. The zero-order valence-electron chi connectivity index (χ0n) is 9.78. The summed E-state index contributed by atoms with van der Waals surface area (Å²) < 4.78 is 1.10. The topological polar surface area (TPSA) is 37.8 Å². The average Bonchev–Trinajstić information content (AvgIpc) is 2.20. The summed E-state index contributed by atoms with van der Waals surface area (Å²) in [5.74, 6) is 2.63. The molecule has 3 nitrogen and oxygen atoms in total. The van der Waals surface area contributed by atoms with Gasteiger partial charge in [0.1, 0.15) is 12.1 Å². The predicted octanol–water partition coefficient (Wildman–Crippen LogP) is 3.32. The van der Waals surface area contributed by atoms with Crippen LogP contribution in [0.25, 0.3) is 0 Å². The van der Waals surface area contributed by atoms with E-state index < -0.39 is 0 Å². The molecule has 0 aliphatic heterocycles. The lowest BCUT2D eigenvalue weighted by Crippen LogP contribution is -2.30. The maximum atomic E-state index is 4.29. The maximum absolute atomic E-state index is 4.29. The van der Waals surface area contributed by atoms with E-state index in [-0.39, 0.29) is 0 Å². The third kappa shape index (κ3) is 3.06. The molecule has 2 unspecified atom stereocenters. The molecule has 1 aromatic rings. The molecular weight excluding hydrogens is 313 g/mol.